The Kier molecular flexibility index (Phi) is 8.15. The van der Waals surface area contributed by atoms with Crippen LogP contribution in [0.1, 0.15) is 30.7 Å². The van der Waals surface area contributed by atoms with Crippen LogP contribution >= 0.6 is 11.3 Å². The summed E-state index contributed by atoms with van der Waals surface area (Å²) in [4.78, 5) is 21.9. The van der Waals surface area contributed by atoms with Crippen molar-refractivity contribution in [1.82, 2.24) is 24.6 Å². The van der Waals surface area contributed by atoms with Crippen molar-refractivity contribution in [3.8, 4) is 39.5 Å². The fourth-order valence-corrected chi connectivity index (χ4v) is 7.52. The van der Waals surface area contributed by atoms with Crippen molar-refractivity contribution in [2.24, 2.45) is 0 Å². The molecular formula is C36H35F2N5O3S. The number of nitrogens with zero attached hydrogens (tertiary/aromatic N) is 5. The summed E-state index contributed by atoms with van der Waals surface area (Å²) in [6, 6.07) is 12.1. The van der Waals surface area contributed by atoms with Crippen molar-refractivity contribution >= 4 is 27.3 Å². The first-order valence-corrected chi connectivity index (χ1v) is 16.5. The second kappa shape index (κ2) is 12.3. The molecule has 1 N–H and O–H groups in total. The second-order valence-corrected chi connectivity index (χ2v) is 13.4. The summed E-state index contributed by atoms with van der Waals surface area (Å²) >= 11 is 1.43. The van der Waals surface area contributed by atoms with Crippen LogP contribution in [-0.2, 0) is 30.8 Å². The zero-order valence-electron chi connectivity index (χ0n) is 26.5. The van der Waals surface area contributed by atoms with Gasteiger partial charge in [0, 0.05) is 52.5 Å². The van der Waals surface area contributed by atoms with Crippen molar-refractivity contribution in [3.63, 3.8) is 0 Å². The highest BCUT2D eigenvalue weighted by atomic mass is 32.1. The highest BCUT2D eigenvalue weighted by Crippen LogP contribution is 2.47. The monoisotopic (exact) mass is 655 g/mol. The molecule has 2 aromatic carbocycles. The minimum absolute atomic E-state index is 0.0350. The first kappa shape index (κ1) is 31.2. The molecule has 8 nitrogen and oxygen atoms in total. The predicted molar refractivity (Wildman–Crippen MR) is 179 cm³/mol. The van der Waals surface area contributed by atoms with Gasteiger partial charge in [0.25, 0.3) is 0 Å². The molecule has 0 fully saturated rings. The summed E-state index contributed by atoms with van der Waals surface area (Å²) < 4.78 is 39.1. The van der Waals surface area contributed by atoms with E-state index in [1.54, 1.807) is 11.8 Å². The molecule has 0 spiro atoms. The average Bonchev–Trinajstić information content (AvgIpc) is 3.69. The molecule has 0 saturated heterocycles. The van der Waals surface area contributed by atoms with Gasteiger partial charge in [-0.05, 0) is 68.1 Å². The van der Waals surface area contributed by atoms with Gasteiger partial charge in [-0.15, -0.1) is 11.3 Å². The van der Waals surface area contributed by atoms with Crippen LogP contribution in [0.3, 0.4) is 0 Å². The number of ether oxygens (including phenoxy) is 1. The number of aromatic nitrogens is 3. The summed E-state index contributed by atoms with van der Waals surface area (Å²) in [5, 5.41) is 17.7. The van der Waals surface area contributed by atoms with Crippen LogP contribution in [0.2, 0.25) is 0 Å². The number of pyridine rings is 1. The second-order valence-electron chi connectivity index (χ2n) is 12.5. The molecule has 5 aromatic rings. The smallest absolute Gasteiger partial charge is 0.246 e. The van der Waals surface area contributed by atoms with Crippen LogP contribution in [0.15, 0.2) is 60.5 Å². The lowest BCUT2D eigenvalue weighted by atomic mass is 9.93. The Bertz CT molecular complexity index is 2040. The first-order valence-electron chi connectivity index (χ1n) is 15.6. The topological polar surface area (TPSA) is 83.7 Å². The summed E-state index contributed by atoms with van der Waals surface area (Å²) in [5.41, 5.74) is 6.42. The number of rotatable bonds is 7. The Balaban J connectivity index is 1.48. The van der Waals surface area contributed by atoms with Crippen molar-refractivity contribution in [1.29, 1.82) is 0 Å². The highest BCUT2D eigenvalue weighted by molar-refractivity contribution is 7.18. The van der Waals surface area contributed by atoms with Crippen LogP contribution < -0.4 is 4.74 Å². The third kappa shape index (κ3) is 5.72. The third-order valence-electron chi connectivity index (χ3n) is 8.90. The third-order valence-corrected chi connectivity index (χ3v) is 9.84. The van der Waals surface area contributed by atoms with Gasteiger partial charge < -0.3 is 19.6 Å². The Hall–Kier alpha value is -4.45. The van der Waals surface area contributed by atoms with E-state index in [4.69, 9.17) is 14.8 Å². The molecule has 3 aromatic heterocycles. The fourth-order valence-electron chi connectivity index (χ4n) is 6.57. The van der Waals surface area contributed by atoms with Gasteiger partial charge in [-0.2, -0.15) is 5.10 Å². The summed E-state index contributed by atoms with van der Waals surface area (Å²) in [6.45, 7) is 9.63. The molecule has 0 unspecified atom stereocenters. The molecule has 1 amide bonds. The number of halogens is 2. The van der Waals surface area contributed by atoms with E-state index < -0.39 is 17.7 Å². The molecule has 7 rings (SSSR count). The van der Waals surface area contributed by atoms with E-state index in [1.165, 1.54) is 28.5 Å². The molecule has 2 aliphatic rings. The molecule has 11 heteroatoms. The van der Waals surface area contributed by atoms with E-state index in [9.17, 15) is 14.3 Å². The largest absolute Gasteiger partial charge is 0.490 e. The van der Waals surface area contributed by atoms with Gasteiger partial charge >= 0.3 is 0 Å². The molecular weight excluding hydrogens is 620 g/mol. The average molecular weight is 656 g/mol. The van der Waals surface area contributed by atoms with E-state index in [1.807, 2.05) is 29.1 Å². The van der Waals surface area contributed by atoms with E-state index in [2.05, 4.69) is 36.7 Å². The Morgan fingerprint density at radius 3 is 2.77 bits per heavy atom. The minimum atomic E-state index is -0.859. The highest BCUT2D eigenvalue weighted by Gasteiger charge is 2.31. The van der Waals surface area contributed by atoms with Gasteiger partial charge in [0.05, 0.1) is 36.1 Å². The van der Waals surface area contributed by atoms with Crippen LogP contribution in [0, 0.1) is 11.6 Å². The van der Waals surface area contributed by atoms with E-state index in [0.717, 1.165) is 58.7 Å². The SMILES string of the molecule is C=CC(=O)N1Cc2cc(-c3nc(-c4ccc5c(c4)CCN(C)C5)c4ccsc4c3-c3c(F)cc(F)cc3OC[C@@H](C)O)nn2C[C@H]1C. The summed E-state index contributed by atoms with van der Waals surface area (Å²) in [7, 11) is 2.11. The van der Waals surface area contributed by atoms with E-state index in [0.29, 0.717) is 30.0 Å². The molecule has 0 aliphatic carbocycles. The predicted octanol–water partition coefficient (Wildman–Crippen LogP) is 6.44. The summed E-state index contributed by atoms with van der Waals surface area (Å²) in [6.07, 6.45) is 1.37. The minimum Gasteiger partial charge on any atom is -0.490 e. The Morgan fingerprint density at radius 1 is 1.15 bits per heavy atom. The Morgan fingerprint density at radius 2 is 1.98 bits per heavy atom. The zero-order chi connectivity index (χ0) is 33.0. The standard InChI is InChI=1S/C36H35F2N5O3S/c1-5-31(45)42-18-26-15-29(40-43(26)16-20(42)2)35-33(32-28(38)13-25(37)14-30(32)46-19-21(3)44)36-27(9-11-47-36)34(39-35)23-6-7-24-17-41(4)10-8-22(24)12-23/h5-7,9,11-15,20-21,44H,1,8,10,16-19H2,2-4H3/t20-,21-/m1/s1. The number of benzene rings is 2. The lowest BCUT2D eigenvalue weighted by Gasteiger charge is -2.33. The molecule has 47 heavy (non-hydrogen) atoms. The van der Waals surface area contributed by atoms with Gasteiger partial charge in [0.1, 0.15) is 35.4 Å². The Labute approximate surface area is 275 Å². The van der Waals surface area contributed by atoms with Crippen molar-refractivity contribution < 1.29 is 23.4 Å². The number of fused-ring (bicyclic) bond motifs is 3. The number of thiophene rings is 1. The van der Waals surface area contributed by atoms with Crippen LogP contribution in [0.4, 0.5) is 8.78 Å². The molecule has 0 saturated carbocycles. The van der Waals surface area contributed by atoms with Gasteiger partial charge in [-0.3, -0.25) is 9.48 Å². The zero-order valence-corrected chi connectivity index (χ0v) is 27.3. The maximum absolute atomic E-state index is 16.1. The van der Waals surface area contributed by atoms with Crippen molar-refractivity contribution in [2.75, 3.05) is 20.2 Å². The van der Waals surface area contributed by atoms with Crippen molar-refractivity contribution in [2.45, 2.75) is 52.0 Å². The lowest BCUT2D eigenvalue weighted by Crippen LogP contribution is -2.44. The number of aliphatic hydroxyl groups excluding tert-OH is 1. The number of carbonyl (C=O) groups is 1. The first-order chi connectivity index (χ1) is 22.6. The van der Waals surface area contributed by atoms with Crippen LogP contribution in [0.25, 0.3) is 43.9 Å². The molecule has 0 radical (unpaired) electrons. The van der Waals surface area contributed by atoms with Crippen LogP contribution in [-0.4, -0.2) is 67.9 Å². The van der Waals surface area contributed by atoms with Gasteiger partial charge in [0.2, 0.25) is 5.91 Å². The molecule has 5 heterocycles. The van der Waals surface area contributed by atoms with Gasteiger partial charge in [-0.25, -0.2) is 13.8 Å². The molecule has 2 aliphatic heterocycles. The molecule has 242 valence electrons. The number of amides is 1. The summed E-state index contributed by atoms with van der Waals surface area (Å²) in [5.74, 6) is -1.81. The normalized spacial score (nSPS) is 17.0. The lowest BCUT2D eigenvalue weighted by molar-refractivity contribution is -0.129. The quantitative estimate of drug-likeness (QED) is 0.204. The van der Waals surface area contributed by atoms with Crippen LogP contribution in [0.5, 0.6) is 5.75 Å². The number of aliphatic hydroxyl groups is 1. The van der Waals surface area contributed by atoms with E-state index in [-0.39, 0.29) is 29.9 Å². The van der Waals surface area contributed by atoms with E-state index >= 15 is 4.39 Å². The van der Waals surface area contributed by atoms with Gasteiger partial charge in [-0.1, -0.05) is 18.7 Å². The molecule has 2 atom stereocenters. The number of carbonyl (C=O) groups excluding carboxylic acids is 1. The maximum Gasteiger partial charge on any atom is 0.246 e. The molecule has 0 bridgehead atoms. The number of likely N-dealkylation sites (N-methyl/N-ethyl adjacent to an activating group) is 1. The maximum atomic E-state index is 16.1. The van der Waals surface area contributed by atoms with Gasteiger partial charge in [0.15, 0.2) is 0 Å². The fraction of sp³-hybridized carbons (Fsp3) is 0.306. The van der Waals surface area contributed by atoms with Crippen molar-refractivity contribution in [3.05, 3.63) is 89.0 Å². The number of hydrogen-bond acceptors (Lipinski definition) is 7. The number of hydrogen-bond donors (Lipinski definition) is 1.